The Hall–Kier alpha value is -2.73. The van der Waals surface area contributed by atoms with Crippen LogP contribution in [0.4, 0.5) is 5.69 Å². The second kappa shape index (κ2) is 8.74. The average Bonchev–Trinajstić information content (AvgIpc) is 3.20. The number of nitrogens with one attached hydrogen (secondary N) is 2. The third kappa shape index (κ3) is 4.65. The molecule has 1 amide bonds. The number of benzene rings is 2. The van der Waals surface area contributed by atoms with Crippen molar-refractivity contribution in [2.75, 3.05) is 45.3 Å². The molecule has 4 rings (SSSR count). The molecule has 0 radical (unpaired) electrons. The van der Waals surface area contributed by atoms with Gasteiger partial charge in [-0.3, -0.25) is 4.79 Å². The van der Waals surface area contributed by atoms with Crippen LogP contribution in [0.1, 0.15) is 30.0 Å². The topological polar surface area (TPSA) is 55.2 Å². The SMILES string of the molecule is CN(C)c1ccc(CNC(=O)C[NH+]2CCC[C@@H]2c2ccc3c(c2)OCCO3)cc1. The molecule has 6 nitrogen and oxygen atoms in total. The first-order valence-corrected chi connectivity index (χ1v) is 10.4. The second-order valence-corrected chi connectivity index (χ2v) is 8.02. The van der Waals surface area contributed by atoms with Gasteiger partial charge >= 0.3 is 0 Å². The zero-order chi connectivity index (χ0) is 20.2. The van der Waals surface area contributed by atoms with E-state index in [1.165, 1.54) is 10.5 Å². The highest BCUT2D eigenvalue weighted by Gasteiger charge is 2.32. The van der Waals surface area contributed by atoms with Gasteiger partial charge in [-0.2, -0.15) is 0 Å². The third-order valence-corrected chi connectivity index (χ3v) is 5.78. The fourth-order valence-electron chi connectivity index (χ4n) is 4.18. The first kappa shape index (κ1) is 19.6. The highest BCUT2D eigenvalue weighted by atomic mass is 16.6. The molecule has 29 heavy (non-hydrogen) atoms. The number of anilines is 1. The number of fused-ring (bicyclic) bond motifs is 1. The molecule has 2 aliphatic heterocycles. The lowest BCUT2D eigenvalue weighted by Crippen LogP contribution is -3.11. The lowest BCUT2D eigenvalue weighted by Gasteiger charge is -2.24. The summed E-state index contributed by atoms with van der Waals surface area (Å²) < 4.78 is 11.4. The van der Waals surface area contributed by atoms with Crippen molar-refractivity contribution in [1.82, 2.24) is 5.32 Å². The van der Waals surface area contributed by atoms with Crippen molar-refractivity contribution in [2.45, 2.75) is 25.4 Å². The Labute approximate surface area is 172 Å². The van der Waals surface area contributed by atoms with Crippen LogP contribution in [0.15, 0.2) is 42.5 Å². The monoisotopic (exact) mass is 396 g/mol. The van der Waals surface area contributed by atoms with E-state index < -0.39 is 0 Å². The summed E-state index contributed by atoms with van der Waals surface area (Å²) in [6, 6.07) is 14.8. The molecule has 2 aromatic rings. The van der Waals surface area contributed by atoms with Crippen LogP contribution < -0.4 is 24.6 Å². The summed E-state index contributed by atoms with van der Waals surface area (Å²) in [5.74, 6) is 1.74. The summed E-state index contributed by atoms with van der Waals surface area (Å²) in [7, 11) is 4.04. The lowest BCUT2D eigenvalue weighted by molar-refractivity contribution is -0.910. The molecular weight excluding hydrogens is 366 g/mol. The van der Waals surface area contributed by atoms with E-state index in [2.05, 4.69) is 46.6 Å². The molecule has 1 fully saturated rings. The molecule has 1 unspecified atom stereocenters. The molecule has 2 aromatic carbocycles. The second-order valence-electron chi connectivity index (χ2n) is 8.02. The molecule has 154 valence electrons. The van der Waals surface area contributed by atoms with Gasteiger partial charge in [-0.15, -0.1) is 0 Å². The number of rotatable bonds is 6. The van der Waals surface area contributed by atoms with Gasteiger partial charge < -0.3 is 24.6 Å². The number of ether oxygens (including phenoxy) is 2. The maximum absolute atomic E-state index is 12.6. The smallest absolute Gasteiger partial charge is 0.275 e. The van der Waals surface area contributed by atoms with Crippen LogP contribution in [-0.4, -0.2) is 46.3 Å². The molecule has 2 heterocycles. The number of nitrogens with zero attached hydrogens (tertiary/aromatic N) is 1. The van der Waals surface area contributed by atoms with E-state index in [1.54, 1.807) is 0 Å². The number of hydrogen-bond donors (Lipinski definition) is 2. The van der Waals surface area contributed by atoms with Gasteiger partial charge in [-0.05, 0) is 35.9 Å². The van der Waals surface area contributed by atoms with Crippen LogP contribution in [-0.2, 0) is 11.3 Å². The van der Waals surface area contributed by atoms with Crippen molar-refractivity contribution in [3.05, 3.63) is 53.6 Å². The molecule has 0 bridgehead atoms. The van der Waals surface area contributed by atoms with E-state index in [1.807, 2.05) is 20.2 Å². The van der Waals surface area contributed by atoms with Crippen LogP contribution >= 0.6 is 0 Å². The van der Waals surface area contributed by atoms with Crippen molar-refractivity contribution < 1.29 is 19.2 Å². The molecule has 2 atom stereocenters. The zero-order valence-corrected chi connectivity index (χ0v) is 17.2. The maximum Gasteiger partial charge on any atom is 0.275 e. The summed E-state index contributed by atoms with van der Waals surface area (Å²) in [5.41, 5.74) is 3.50. The highest BCUT2D eigenvalue weighted by molar-refractivity contribution is 5.76. The molecule has 6 heteroatoms. The van der Waals surface area contributed by atoms with Crippen molar-refractivity contribution in [1.29, 1.82) is 0 Å². The predicted octanol–water partition coefficient (Wildman–Crippen LogP) is 1.56. The highest BCUT2D eigenvalue weighted by Crippen LogP contribution is 2.33. The minimum Gasteiger partial charge on any atom is -0.486 e. The van der Waals surface area contributed by atoms with Crippen LogP contribution in [0, 0.1) is 0 Å². The Balaban J connectivity index is 1.34. The molecule has 0 saturated carbocycles. The number of hydrogen-bond acceptors (Lipinski definition) is 4. The van der Waals surface area contributed by atoms with Crippen molar-refractivity contribution in [3.63, 3.8) is 0 Å². The zero-order valence-electron chi connectivity index (χ0n) is 17.2. The Kier molecular flexibility index (Phi) is 5.90. The summed E-state index contributed by atoms with van der Waals surface area (Å²) in [4.78, 5) is 16.0. The van der Waals surface area contributed by atoms with Crippen LogP contribution in [0.2, 0.25) is 0 Å². The van der Waals surface area contributed by atoms with Gasteiger partial charge in [0.25, 0.3) is 5.91 Å². The maximum atomic E-state index is 12.6. The fraction of sp³-hybridized carbons (Fsp3) is 0.435. The average molecular weight is 397 g/mol. The number of likely N-dealkylation sites (tertiary alicyclic amines) is 1. The molecule has 0 spiro atoms. The molecule has 0 aromatic heterocycles. The Bertz CT molecular complexity index is 851. The normalized spacial score (nSPS) is 20.3. The third-order valence-electron chi connectivity index (χ3n) is 5.78. The van der Waals surface area contributed by atoms with E-state index in [9.17, 15) is 4.79 Å². The summed E-state index contributed by atoms with van der Waals surface area (Å²) in [6.45, 7) is 3.27. The molecule has 0 aliphatic carbocycles. The summed E-state index contributed by atoms with van der Waals surface area (Å²) in [6.07, 6.45) is 2.22. The van der Waals surface area contributed by atoms with Gasteiger partial charge in [0.15, 0.2) is 18.0 Å². The number of carbonyl (C=O) groups excluding carboxylic acids is 1. The first-order chi connectivity index (χ1) is 14.1. The standard InChI is InChI=1S/C23H29N3O3/c1-25(2)19-8-5-17(6-9-19)15-24-23(27)16-26-11-3-4-20(26)18-7-10-21-22(14-18)29-13-12-28-21/h5-10,14,20H,3-4,11-13,15-16H2,1-2H3,(H,24,27)/p+1/t20-/m1/s1. The van der Waals surface area contributed by atoms with Gasteiger partial charge in [-0.25, -0.2) is 0 Å². The van der Waals surface area contributed by atoms with Crippen molar-refractivity contribution >= 4 is 11.6 Å². The lowest BCUT2D eigenvalue weighted by atomic mass is 10.0. The minimum atomic E-state index is 0.0983. The van der Waals surface area contributed by atoms with Crippen LogP contribution in [0.5, 0.6) is 11.5 Å². The van der Waals surface area contributed by atoms with E-state index >= 15 is 0 Å². The fourth-order valence-corrected chi connectivity index (χ4v) is 4.18. The predicted molar refractivity (Wildman–Crippen MR) is 113 cm³/mol. The summed E-state index contributed by atoms with van der Waals surface area (Å²) in [5, 5.41) is 3.08. The van der Waals surface area contributed by atoms with E-state index in [-0.39, 0.29) is 5.91 Å². The van der Waals surface area contributed by atoms with Gasteiger partial charge in [0.05, 0.1) is 6.54 Å². The van der Waals surface area contributed by atoms with Gasteiger partial charge in [0.1, 0.15) is 19.3 Å². The quantitative estimate of drug-likeness (QED) is 0.778. The Morgan fingerprint density at radius 1 is 1.10 bits per heavy atom. The van der Waals surface area contributed by atoms with Crippen LogP contribution in [0.3, 0.4) is 0 Å². The van der Waals surface area contributed by atoms with E-state index in [0.717, 1.165) is 42.1 Å². The largest absolute Gasteiger partial charge is 0.486 e. The number of amides is 1. The van der Waals surface area contributed by atoms with E-state index in [4.69, 9.17) is 9.47 Å². The van der Waals surface area contributed by atoms with Gasteiger partial charge in [0.2, 0.25) is 0 Å². The minimum absolute atomic E-state index is 0.0983. The van der Waals surface area contributed by atoms with Gasteiger partial charge in [-0.1, -0.05) is 12.1 Å². The number of carbonyl (C=O) groups is 1. The van der Waals surface area contributed by atoms with Crippen molar-refractivity contribution in [2.24, 2.45) is 0 Å². The molecular formula is C23H30N3O3+. The van der Waals surface area contributed by atoms with E-state index in [0.29, 0.717) is 32.3 Å². The molecule has 2 aliphatic rings. The number of quaternary nitrogens is 1. The first-order valence-electron chi connectivity index (χ1n) is 10.4. The molecule has 1 saturated heterocycles. The van der Waals surface area contributed by atoms with Crippen molar-refractivity contribution in [3.8, 4) is 11.5 Å². The molecule has 2 N–H and O–H groups in total. The summed E-state index contributed by atoms with van der Waals surface area (Å²) >= 11 is 0. The Morgan fingerprint density at radius 2 is 1.86 bits per heavy atom. The van der Waals surface area contributed by atoms with Gasteiger partial charge in [0, 0.05) is 44.7 Å². The van der Waals surface area contributed by atoms with Crippen LogP contribution in [0.25, 0.3) is 0 Å². The Morgan fingerprint density at radius 3 is 2.62 bits per heavy atom.